The third-order valence-corrected chi connectivity index (χ3v) is 2.79. The SMILES string of the molecule is O=[N+]([O-])c1cnc(Cl)nc1-c1cccc2nccn12. The Hall–Kier alpha value is -2.54. The first-order chi connectivity index (χ1) is 9.16. The quantitative estimate of drug-likeness (QED) is 0.407. The second kappa shape index (κ2) is 4.29. The van der Waals surface area contributed by atoms with Crippen molar-refractivity contribution in [2.45, 2.75) is 0 Å². The van der Waals surface area contributed by atoms with Crippen molar-refractivity contribution >= 4 is 22.9 Å². The molecule has 0 unspecified atom stereocenters. The standard InChI is InChI=1S/C11H6ClN5O2/c12-11-14-6-8(17(18)19)10(15-11)7-2-1-3-9-13-4-5-16(7)9/h1-6H. The molecule has 94 valence electrons. The highest BCUT2D eigenvalue weighted by Crippen LogP contribution is 2.28. The maximum Gasteiger partial charge on any atom is 0.315 e. The molecular formula is C11H6ClN5O2. The van der Waals surface area contributed by atoms with Gasteiger partial charge >= 0.3 is 5.69 Å². The van der Waals surface area contributed by atoms with Gasteiger partial charge in [0.1, 0.15) is 11.8 Å². The highest BCUT2D eigenvalue weighted by molar-refractivity contribution is 6.28. The van der Waals surface area contributed by atoms with Gasteiger partial charge in [0, 0.05) is 12.4 Å². The van der Waals surface area contributed by atoms with Gasteiger partial charge in [-0.1, -0.05) is 6.07 Å². The van der Waals surface area contributed by atoms with Crippen molar-refractivity contribution in [3.63, 3.8) is 0 Å². The Morgan fingerprint density at radius 1 is 1.32 bits per heavy atom. The van der Waals surface area contributed by atoms with Crippen LogP contribution in [-0.4, -0.2) is 24.3 Å². The van der Waals surface area contributed by atoms with Crippen molar-refractivity contribution in [3.8, 4) is 11.4 Å². The van der Waals surface area contributed by atoms with Crippen LogP contribution in [0.5, 0.6) is 0 Å². The number of imidazole rings is 1. The fourth-order valence-electron chi connectivity index (χ4n) is 1.82. The summed E-state index contributed by atoms with van der Waals surface area (Å²) in [5.74, 6) is 0. The van der Waals surface area contributed by atoms with E-state index in [1.54, 1.807) is 35.0 Å². The molecule has 3 heterocycles. The predicted molar refractivity (Wildman–Crippen MR) is 67.9 cm³/mol. The second-order valence-corrected chi connectivity index (χ2v) is 4.03. The smallest absolute Gasteiger partial charge is 0.298 e. The zero-order chi connectivity index (χ0) is 13.4. The summed E-state index contributed by atoms with van der Waals surface area (Å²) in [7, 11) is 0. The number of nitro groups is 1. The van der Waals surface area contributed by atoms with Gasteiger partial charge in [-0.15, -0.1) is 0 Å². The minimum Gasteiger partial charge on any atom is -0.298 e. The lowest BCUT2D eigenvalue weighted by Crippen LogP contribution is -2.00. The number of fused-ring (bicyclic) bond motifs is 1. The monoisotopic (exact) mass is 275 g/mol. The molecule has 0 N–H and O–H groups in total. The molecule has 0 radical (unpaired) electrons. The van der Waals surface area contributed by atoms with Crippen LogP contribution in [0.3, 0.4) is 0 Å². The van der Waals surface area contributed by atoms with Crippen LogP contribution in [0, 0.1) is 10.1 Å². The van der Waals surface area contributed by atoms with E-state index in [2.05, 4.69) is 15.0 Å². The molecule has 0 aliphatic carbocycles. The van der Waals surface area contributed by atoms with Crippen LogP contribution in [0.2, 0.25) is 5.28 Å². The molecule has 19 heavy (non-hydrogen) atoms. The fourth-order valence-corrected chi connectivity index (χ4v) is 1.95. The number of hydrogen-bond donors (Lipinski definition) is 0. The lowest BCUT2D eigenvalue weighted by molar-refractivity contribution is -0.384. The van der Waals surface area contributed by atoms with Gasteiger partial charge in [0.05, 0.1) is 10.6 Å². The van der Waals surface area contributed by atoms with E-state index >= 15 is 0 Å². The molecule has 3 aromatic rings. The number of halogens is 1. The van der Waals surface area contributed by atoms with E-state index in [4.69, 9.17) is 11.6 Å². The molecular weight excluding hydrogens is 270 g/mol. The summed E-state index contributed by atoms with van der Waals surface area (Å²) in [6.07, 6.45) is 4.40. The normalized spacial score (nSPS) is 10.8. The van der Waals surface area contributed by atoms with Gasteiger partial charge in [-0.05, 0) is 23.7 Å². The molecule has 0 fully saturated rings. The third kappa shape index (κ3) is 1.89. The predicted octanol–water partition coefficient (Wildman–Crippen LogP) is 2.35. The van der Waals surface area contributed by atoms with Crippen LogP contribution < -0.4 is 0 Å². The highest BCUT2D eigenvalue weighted by atomic mass is 35.5. The van der Waals surface area contributed by atoms with Gasteiger partial charge in [0.25, 0.3) is 0 Å². The summed E-state index contributed by atoms with van der Waals surface area (Å²) >= 11 is 5.73. The molecule has 0 aromatic carbocycles. The molecule has 0 bridgehead atoms. The van der Waals surface area contributed by atoms with Gasteiger partial charge in [-0.2, -0.15) is 0 Å². The van der Waals surface area contributed by atoms with Crippen molar-refractivity contribution in [1.29, 1.82) is 0 Å². The number of aromatic nitrogens is 4. The van der Waals surface area contributed by atoms with Crippen molar-refractivity contribution in [3.05, 3.63) is 52.2 Å². The zero-order valence-corrected chi connectivity index (χ0v) is 10.2. The highest BCUT2D eigenvalue weighted by Gasteiger charge is 2.20. The molecule has 0 saturated carbocycles. The van der Waals surface area contributed by atoms with E-state index in [0.29, 0.717) is 11.3 Å². The van der Waals surface area contributed by atoms with Crippen LogP contribution >= 0.6 is 11.6 Å². The van der Waals surface area contributed by atoms with Crippen LogP contribution in [0.15, 0.2) is 36.8 Å². The zero-order valence-electron chi connectivity index (χ0n) is 9.39. The molecule has 3 rings (SSSR count). The molecule has 0 spiro atoms. The number of rotatable bonds is 2. The molecule has 8 heteroatoms. The Morgan fingerprint density at radius 2 is 2.16 bits per heavy atom. The first-order valence-electron chi connectivity index (χ1n) is 5.26. The average Bonchev–Trinajstić information content (AvgIpc) is 2.86. The topological polar surface area (TPSA) is 86.2 Å². The molecule has 7 nitrogen and oxygen atoms in total. The van der Waals surface area contributed by atoms with E-state index in [9.17, 15) is 10.1 Å². The summed E-state index contributed by atoms with van der Waals surface area (Å²) in [6.45, 7) is 0. The lowest BCUT2D eigenvalue weighted by Gasteiger charge is -2.05. The molecule has 0 aliphatic rings. The minimum absolute atomic E-state index is 0.0438. The first kappa shape index (κ1) is 11.5. The Balaban J connectivity index is 2.35. The average molecular weight is 276 g/mol. The van der Waals surface area contributed by atoms with Crippen molar-refractivity contribution in [1.82, 2.24) is 19.4 Å². The minimum atomic E-state index is -0.540. The number of nitrogens with zero attached hydrogens (tertiary/aromatic N) is 5. The lowest BCUT2D eigenvalue weighted by atomic mass is 10.2. The molecule has 3 aromatic heterocycles. The van der Waals surface area contributed by atoms with Gasteiger partial charge in [-0.3, -0.25) is 14.5 Å². The van der Waals surface area contributed by atoms with Crippen molar-refractivity contribution < 1.29 is 4.92 Å². The van der Waals surface area contributed by atoms with Crippen LogP contribution in [0.4, 0.5) is 5.69 Å². The number of pyridine rings is 1. The second-order valence-electron chi connectivity index (χ2n) is 3.70. The first-order valence-corrected chi connectivity index (χ1v) is 5.64. The van der Waals surface area contributed by atoms with Gasteiger partial charge in [0.2, 0.25) is 5.28 Å². The molecule has 0 saturated heterocycles. The van der Waals surface area contributed by atoms with Crippen molar-refractivity contribution in [2.24, 2.45) is 0 Å². The van der Waals surface area contributed by atoms with Crippen LogP contribution in [0.25, 0.3) is 17.0 Å². The molecule has 0 amide bonds. The molecule has 0 atom stereocenters. The van der Waals surface area contributed by atoms with E-state index in [1.165, 1.54) is 0 Å². The van der Waals surface area contributed by atoms with E-state index in [-0.39, 0.29) is 16.7 Å². The van der Waals surface area contributed by atoms with Gasteiger partial charge in [0.15, 0.2) is 5.69 Å². The number of hydrogen-bond acceptors (Lipinski definition) is 5. The Bertz CT molecular complexity index is 786. The maximum absolute atomic E-state index is 11.0. The van der Waals surface area contributed by atoms with Crippen molar-refractivity contribution in [2.75, 3.05) is 0 Å². The van der Waals surface area contributed by atoms with E-state index in [0.717, 1.165) is 6.20 Å². The summed E-state index contributed by atoms with van der Waals surface area (Å²) in [5, 5.41) is 11.0. The summed E-state index contributed by atoms with van der Waals surface area (Å²) in [5.41, 5.74) is 1.16. The van der Waals surface area contributed by atoms with Crippen LogP contribution in [0.1, 0.15) is 0 Å². The summed E-state index contributed by atoms with van der Waals surface area (Å²) in [4.78, 5) is 22.2. The van der Waals surface area contributed by atoms with E-state index < -0.39 is 4.92 Å². The third-order valence-electron chi connectivity index (χ3n) is 2.61. The maximum atomic E-state index is 11.0. The largest absolute Gasteiger partial charge is 0.315 e. The Kier molecular flexibility index (Phi) is 2.60. The fraction of sp³-hybridized carbons (Fsp3) is 0. The van der Waals surface area contributed by atoms with Crippen LogP contribution in [-0.2, 0) is 0 Å². The Labute approximate surface area is 111 Å². The molecule has 0 aliphatic heterocycles. The summed E-state index contributed by atoms with van der Waals surface area (Å²) in [6, 6.07) is 5.25. The van der Waals surface area contributed by atoms with Gasteiger partial charge in [-0.25, -0.2) is 15.0 Å². The van der Waals surface area contributed by atoms with Gasteiger partial charge < -0.3 is 0 Å². The summed E-state index contributed by atoms with van der Waals surface area (Å²) < 4.78 is 1.70. The Morgan fingerprint density at radius 3 is 2.95 bits per heavy atom. The van der Waals surface area contributed by atoms with E-state index in [1.807, 2.05) is 0 Å².